The minimum Gasteiger partial charge on any atom is -0.254 e. The first-order chi connectivity index (χ1) is 23.3. The van der Waals surface area contributed by atoms with Gasteiger partial charge in [0.1, 0.15) is 11.3 Å². The molecular formula is C37H20N10. The lowest BCUT2D eigenvalue weighted by Crippen LogP contribution is -2.08. The predicted molar refractivity (Wildman–Crippen MR) is 182 cm³/mol. The quantitative estimate of drug-likeness (QED) is 0.191. The van der Waals surface area contributed by atoms with Crippen LogP contribution in [0.3, 0.4) is 0 Å². The highest BCUT2D eigenvalue weighted by molar-refractivity contribution is 6.09. The average Bonchev–Trinajstić information content (AvgIpc) is 3.48. The summed E-state index contributed by atoms with van der Waals surface area (Å²) in [6.07, 6.45) is 10.7. The summed E-state index contributed by atoms with van der Waals surface area (Å²) in [6.45, 7) is 0. The molecule has 0 saturated carbocycles. The summed E-state index contributed by atoms with van der Waals surface area (Å²) in [5.74, 6) is 1.37. The van der Waals surface area contributed by atoms with Crippen LogP contribution in [0, 0.1) is 0 Å². The van der Waals surface area contributed by atoms with Crippen LogP contribution >= 0.6 is 0 Å². The van der Waals surface area contributed by atoms with Crippen molar-refractivity contribution in [3.63, 3.8) is 0 Å². The molecule has 47 heavy (non-hydrogen) atoms. The first-order valence-electron chi connectivity index (χ1n) is 15.0. The van der Waals surface area contributed by atoms with Crippen molar-refractivity contribution in [3.8, 4) is 28.7 Å². The summed E-state index contributed by atoms with van der Waals surface area (Å²) in [7, 11) is 0. The molecule has 0 radical (unpaired) electrons. The van der Waals surface area contributed by atoms with Gasteiger partial charge in [-0.1, -0.05) is 36.4 Å². The fourth-order valence-corrected chi connectivity index (χ4v) is 6.46. The second-order valence-electron chi connectivity index (χ2n) is 11.2. The monoisotopic (exact) mass is 604 g/mol. The van der Waals surface area contributed by atoms with Crippen LogP contribution in [0.25, 0.3) is 94.4 Å². The van der Waals surface area contributed by atoms with Gasteiger partial charge in [0, 0.05) is 80.6 Å². The van der Waals surface area contributed by atoms with E-state index < -0.39 is 0 Å². The first kappa shape index (κ1) is 25.5. The Morgan fingerprint density at radius 1 is 0.362 bits per heavy atom. The summed E-state index contributed by atoms with van der Waals surface area (Å²) in [5, 5.41) is 5.70. The summed E-state index contributed by atoms with van der Waals surface area (Å²) < 4.78 is 1.90. The summed E-state index contributed by atoms with van der Waals surface area (Å²) in [5.41, 5.74) is 6.20. The van der Waals surface area contributed by atoms with E-state index in [-0.39, 0.29) is 0 Å². The van der Waals surface area contributed by atoms with Crippen molar-refractivity contribution in [2.45, 2.75) is 0 Å². The molecule has 0 N–H and O–H groups in total. The maximum atomic E-state index is 5.13. The average molecular weight is 605 g/mol. The Kier molecular flexibility index (Phi) is 5.34. The number of hydrogen-bond donors (Lipinski definition) is 0. The minimum absolute atomic E-state index is 0.398. The SMILES string of the molecule is c1cnc2c(c1)ccc1c(-c3nc(-c4ccnc5c4ccc4cccnc45)nc(-n4c5ncccc5c5cccnc54)n3)ccnc12. The molecule has 0 aliphatic carbocycles. The summed E-state index contributed by atoms with van der Waals surface area (Å²) in [6, 6.07) is 27.9. The first-order valence-corrected chi connectivity index (χ1v) is 15.0. The van der Waals surface area contributed by atoms with E-state index >= 15 is 0 Å². The molecule has 0 aliphatic heterocycles. The maximum absolute atomic E-state index is 5.13. The van der Waals surface area contributed by atoms with E-state index in [1.54, 1.807) is 37.2 Å². The highest BCUT2D eigenvalue weighted by Crippen LogP contribution is 2.35. The molecular weight excluding hydrogens is 584 g/mol. The van der Waals surface area contributed by atoms with Gasteiger partial charge in [0.05, 0.1) is 22.1 Å². The molecule has 0 fully saturated rings. The number of benzene rings is 2. The molecule has 10 nitrogen and oxygen atoms in total. The Morgan fingerprint density at radius 3 is 1.36 bits per heavy atom. The van der Waals surface area contributed by atoms with Gasteiger partial charge in [-0.15, -0.1) is 0 Å². The normalized spacial score (nSPS) is 11.8. The molecule has 10 aromatic rings. The Bertz CT molecular complexity index is 2690. The van der Waals surface area contributed by atoms with E-state index in [0.717, 1.165) is 65.5 Å². The van der Waals surface area contributed by atoms with Gasteiger partial charge in [0.25, 0.3) is 0 Å². The van der Waals surface area contributed by atoms with E-state index in [4.69, 9.17) is 34.9 Å². The smallest absolute Gasteiger partial charge is 0.241 e. The third-order valence-corrected chi connectivity index (χ3v) is 8.56. The Morgan fingerprint density at radius 2 is 0.830 bits per heavy atom. The van der Waals surface area contributed by atoms with Gasteiger partial charge in [0.15, 0.2) is 11.6 Å². The molecule has 0 saturated heterocycles. The van der Waals surface area contributed by atoms with Gasteiger partial charge in [-0.2, -0.15) is 9.97 Å². The van der Waals surface area contributed by atoms with Crippen LogP contribution in [0.5, 0.6) is 0 Å². The minimum atomic E-state index is 0.398. The van der Waals surface area contributed by atoms with Gasteiger partial charge < -0.3 is 0 Å². The van der Waals surface area contributed by atoms with Crippen LogP contribution in [-0.2, 0) is 0 Å². The molecule has 0 aliphatic rings. The number of nitrogens with zero attached hydrogens (tertiary/aromatic N) is 10. The van der Waals surface area contributed by atoms with Crippen LogP contribution in [0.4, 0.5) is 0 Å². The molecule has 10 rings (SSSR count). The van der Waals surface area contributed by atoms with Gasteiger partial charge in [-0.05, 0) is 48.5 Å². The van der Waals surface area contributed by atoms with Crippen molar-refractivity contribution in [2.24, 2.45) is 0 Å². The largest absolute Gasteiger partial charge is 0.254 e. The molecule has 0 unspecified atom stereocenters. The number of hydrogen-bond acceptors (Lipinski definition) is 9. The lowest BCUT2D eigenvalue weighted by Gasteiger charge is -2.13. The predicted octanol–water partition coefficient (Wildman–Crippen LogP) is 7.29. The Hall–Kier alpha value is -6.81. The third kappa shape index (κ3) is 3.82. The van der Waals surface area contributed by atoms with Gasteiger partial charge >= 0.3 is 0 Å². The zero-order chi connectivity index (χ0) is 30.9. The van der Waals surface area contributed by atoms with E-state index in [9.17, 15) is 0 Å². The standard InChI is InChI=1S/C37H20N10/c1-5-21-9-11-23-25(13-19-40-31(23)29(21)38-15-1)33-44-34(26-14-20-41-32-24(26)12-10-22-6-2-16-39-30(22)32)46-37(45-33)47-35-27(7-3-17-42-35)28-8-4-18-43-36(28)47/h1-20H. The maximum Gasteiger partial charge on any atom is 0.241 e. The van der Waals surface area contributed by atoms with Crippen LogP contribution in [0.2, 0.25) is 0 Å². The zero-order valence-corrected chi connectivity index (χ0v) is 24.5. The van der Waals surface area contributed by atoms with Gasteiger partial charge in [-0.25, -0.2) is 19.5 Å². The number of aromatic nitrogens is 10. The van der Waals surface area contributed by atoms with Crippen molar-refractivity contribution >= 4 is 65.7 Å². The van der Waals surface area contributed by atoms with Crippen LogP contribution in [0.15, 0.2) is 122 Å². The van der Waals surface area contributed by atoms with Crippen molar-refractivity contribution in [3.05, 3.63) is 122 Å². The number of fused-ring (bicyclic) bond motifs is 9. The van der Waals surface area contributed by atoms with E-state index in [2.05, 4.69) is 9.97 Å². The molecule has 10 heteroatoms. The van der Waals surface area contributed by atoms with Gasteiger partial charge in [-0.3, -0.25) is 19.9 Å². The fourth-order valence-electron chi connectivity index (χ4n) is 6.46. The molecule has 2 aromatic carbocycles. The topological polar surface area (TPSA) is 121 Å². The molecule has 0 atom stereocenters. The van der Waals surface area contributed by atoms with Crippen LogP contribution in [0.1, 0.15) is 0 Å². The molecule has 0 spiro atoms. The second kappa shape index (κ2) is 9.85. The van der Waals surface area contributed by atoms with E-state index in [0.29, 0.717) is 28.9 Å². The van der Waals surface area contributed by atoms with Crippen molar-refractivity contribution < 1.29 is 0 Å². The van der Waals surface area contributed by atoms with E-state index in [1.165, 1.54) is 0 Å². The van der Waals surface area contributed by atoms with Crippen molar-refractivity contribution in [2.75, 3.05) is 0 Å². The van der Waals surface area contributed by atoms with Crippen LogP contribution < -0.4 is 0 Å². The third-order valence-electron chi connectivity index (χ3n) is 8.56. The fraction of sp³-hybridized carbons (Fsp3) is 0. The highest BCUT2D eigenvalue weighted by Gasteiger charge is 2.21. The molecule has 0 amide bonds. The summed E-state index contributed by atoms with van der Waals surface area (Å²) >= 11 is 0. The second-order valence-corrected chi connectivity index (χ2v) is 11.2. The number of pyridine rings is 6. The van der Waals surface area contributed by atoms with Crippen molar-refractivity contribution in [1.29, 1.82) is 0 Å². The number of rotatable bonds is 3. The Labute approximate surface area is 265 Å². The molecule has 218 valence electrons. The van der Waals surface area contributed by atoms with E-state index in [1.807, 2.05) is 89.5 Å². The Balaban J connectivity index is 1.31. The lowest BCUT2D eigenvalue weighted by molar-refractivity contribution is 0.936. The van der Waals surface area contributed by atoms with Crippen molar-refractivity contribution in [1.82, 2.24) is 49.4 Å². The molecule has 8 heterocycles. The molecule has 8 aromatic heterocycles. The highest BCUT2D eigenvalue weighted by atomic mass is 15.2. The summed E-state index contributed by atoms with van der Waals surface area (Å²) in [4.78, 5) is 43.6. The van der Waals surface area contributed by atoms with Gasteiger partial charge in [0.2, 0.25) is 5.95 Å². The molecule has 0 bridgehead atoms. The van der Waals surface area contributed by atoms with Crippen LogP contribution in [-0.4, -0.2) is 49.4 Å². The lowest BCUT2D eigenvalue weighted by atomic mass is 10.0. The zero-order valence-electron chi connectivity index (χ0n) is 24.5.